The highest BCUT2D eigenvalue weighted by molar-refractivity contribution is 7.68. The van der Waals surface area contributed by atoms with Crippen LogP contribution in [0.15, 0.2) is 30.3 Å². The second-order valence-electron chi connectivity index (χ2n) is 11.6. The minimum atomic E-state index is -2.27. The van der Waals surface area contributed by atoms with Crippen LogP contribution in [0.3, 0.4) is 0 Å². The zero-order valence-electron chi connectivity index (χ0n) is 19.8. The van der Waals surface area contributed by atoms with E-state index < -0.39 is 30.9 Å². The molecule has 0 radical (unpaired) electrons. The molecule has 0 N–H and O–H groups in total. The number of hydrogen-bond donors (Lipinski definition) is 0. The Morgan fingerprint density at radius 2 is 1.36 bits per heavy atom. The number of carbonyl (C=O) groups is 1. The van der Waals surface area contributed by atoms with Crippen molar-refractivity contribution in [1.29, 1.82) is 0 Å². The summed E-state index contributed by atoms with van der Waals surface area (Å²) in [6, 6.07) is 10.6. The van der Waals surface area contributed by atoms with Gasteiger partial charge in [0.15, 0.2) is 15.7 Å². The van der Waals surface area contributed by atoms with Gasteiger partial charge in [0.2, 0.25) is 0 Å². The average molecular weight is 453 g/mol. The summed E-state index contributed by atoms with van der Waals surface area (Å²) in [6.45, 7) is 24.3. The molecule has 1 aromatic rings. The molecule has 0 heterocycles. The first-order valence-electron chi connectivity index (χ1n) is 10.4. The molecule has 158 valence electrons. The minimum Gasteiger partial charge on any atom is -0.469 e. The van der Waals surface area contributed by atoms with Crippen molar-refractivity contribution in [3.05, 3.63) is 35.9 Å². The Kier molecular flexibility index (Phi) is 6.23. The molecule has 0 aliphatic heterocycles. The lowest BCUT2D eigenvalue weighted by Gasteiger charge is -2.57. The summed E-state index contributed by atoms with van der Waals surface area (Å²) in [5.74, 6) is 0.0767. The maximum absolute atomic E-state index is 13.0. The molecule has 3 nitrogen and oxygen atoms in total. The van der Waals surface area contributed by atoms with E-state index in [-0.39, 0.29) is 22.8 Å². The van der Waals surface area contributed by atoms with Crippen molar-refractivity contribution >= 4 is 36.8 Å². The normalized spacial score (nSPS) is 26.1. The van der Waals surface area contributed by atoms with Gasteiger partial charge in [-0.3, -0.25) is 4.79 Å². The summed E-state index contributed by atoms with van der Waals surface area (Å²) < 4.78 is 12.8. The van der Waals surface area contributed by atoms with Gasteiger partial charge in [0.05, 0.1) is 28.2 Å². The molecule has 0 aromatic heterocycles. The Balaban J connectivity index is 2.80. The number of benzene rings is 1. The van der Waals surface area contributed by atoms with Gasteiger partial charge in [0.1, 0.15) is 0 Å². The molecule has 0 amide bonds. The van der Waals surface area contributed by atoms with Gasteiger partial charge in [-0.1, -0.05) is 76.5 Å². The lowest BCUT2D eigenvalue weighted by molar-refractivity contribution is -0.142. The van der Waals surface area contributed by atoms with Crippen LogP contribution in [0, 0.1) is 5.92 Å². The summed E-state index contributed by atoms with van der Waals surface area (Å²) in [5, 5.41) is -0.101. The van der Waals surface area contributed by atoms with E-state index in [2.05, 4.69) is 96.2 Å². The Morgan fingerprint density at radius 3 is 1.71 bits per heavy atom. The van der Waals surface area contributed by atoms with E-state index in [0.29, 0.717) is 0 Å². The van der Waals surface area contributed by atoms with E-state index in [1.165, 1.54) is 12.7 Å². The first kappa shape index (κ1) is 23.8. The van der Waals surface area contributed by atoms with Crippen molar-refractivity contribution in [2.45, 2.75) is 76.8 Å². The van der Waals surface area contributed by atoms with Crippen LogP contribution in [-0.2, 0) is 13.6 Å². The third kappa shape index (κ3) is 3.68. The number of methoxy groups -OCH3 is 1. The van der Waals surface area contributed by atoms with Gasteiger partial charge >= 0.3 is 5.97 Å². The molecule has 28 heavy (non-hydrogen) atoms. The topological polar surface area (TPSA) is 35.5 Å². The molecule has 1 aliphatic carbocycles. The molecule has 1 aliphatic rings. The van der Waals surface area contributed by atoms with Crippen molar-refractivity contribution in [2.24, 2.45) is 5.92 Å². The van der Waals surface area contributed by atoms with Gasteiger partial charge in [-0.25, -0.2) is 0 Å². The smallest absolute Gasteiger partial charge is 0.309 e. The van der Waals surface area contributed by atoms with Crippen LogP contribution < -0.4 is 0 Å². The number of hydrogen-bond acceptors (Lipinski definition) is 3. The molecule has 0 saturated heterocycles. The number of ether oxygens (including phenoxy) is 1. The fourth-order valence-electron chi connectivity index (χ4n) is 6.27. The molecule has 1 fully saturated rings. The average Bonchev–Trinajstić information content (AvgIpc) is 3.16. The van der Waals surface area contributed by atoms with Crippen molar-refractivity contribution < 1.29 is 13.6 Å². The van der Waals surface area contributed by atoms with E-state index in [0.717, 1.165) is 0 Å². The summed E-state index contributed by atoms with van der Waals surface area (Å²) >= 11 is 0. The maximum Gasteiger partial charge on any atom is 0.309 e. The molecule has 2 unspecified atom stereocenters. The molecule has 3 atom stereocenters. The highest BCUT2D eigenvalue weighted by Gasteiger charge is 2.82. The number of carbonyl (C=O) groups excluding carboxylic acids is 1. The highest BCUT2D eigenvalue weighted by Crippen LogP contribution is 2.78. The summed E-state index contributed by atoms with van der Waals surface area (Å²) in [4.78, 5) is 13.0. The molecule has 0 bridgehead atoms. The zero-order valence-corrected chi connectivity index (χ0v) is 23.8. The van der Waals surface area contributed by atoms with Gasteiger partial charge in [-0.05, 0) is 25.2 Å². The predicted octanol–water partition coefficient (Wildman–Crippen LogP) is 5.96. The Morgan fingerprint density at radius 1 is 0.893 bits per heavy atom. The minimum absolute atomic E-state index is 0.0519. The largest absolute Gasteiger partial charge is 0.469 e. The predicted molar refractivity (Wildman–Crippen MR) is 130 cm³/mol. The lowest BCUT2D eigenvalue weighted by Crippen LogP contribution is -2.78. The monoisotopic (exact) mass is 452 g/mol. The van der Waals surface area contributed by atoms with Crippen molar-refractivity contribution in [3.8, 4) is 0 Å². The van der Waals surface area contributed by atoms with Crippen LogP contribution in [0.25, 0.3) is 0 Å². The molecular formula is C21H40O3Si4. The maximum atomic E-state index is 13.0. The van der Waals surface area contributed by atoms with E-state index in [1.807, 2.05) is 0 Å². The zero-order chi connectivity index (χ0) is 21.8. The van der Waals surface area contributed by atoms with Crippen molar-refractivity contribution in [1.82, 2.24) is 0 Å². The first-order chi connectivity index (χ1) is 12.5. The first-order valence-corrected chi connectivity index (χ1v) is 24.7. The van der Waals surface area contributed by atoms with Gasteiger partial charge in [-0.2, -0.15) is 0 Å². The lowest BCUT2D eigenvalue weighted by atomic mass is 10.1. The molecule has 0 spiro atoms. The molecule has 1 saturated carbocycles. The number of rotatable bonds is 7. The van der Waals surface area contributed by atoms with E-state index in [9.17, 15) is 4.79 Å². The highest BCUT2D eigenvalue weighted by atomic mass is 29.7. The van der Waals surface area contributed by atoms with Gasteiger partial charge in [0, 0.05) is 11.0 Å². The van der Waals surface area contributed by atoms with Crippen LogP contribution in [0.5, 0.6) is 0 Å². The molecule has 2 rings (SSSR count). The van der Waals surface area contributed by atoms with Crippen LogP contribution in [0.4, 0.5) is 0 Å². The van der Waals surface area contributed by atoms with Crippen molar-refractivity contribution in [3.63, 3.8) is 0 Å². The number of esters is 1. The van der Waals surface area contributed by atoms with E-state index >= 15 is 0 Å². The third-order valence-electron chi connectivity index (χ3n) is 6.46. The Hall–Kier alpha value is -0.482. The van der Waals surface area contributed by atoms with Crippen LogP contribution in [0.1, 0.15) is 18.4 Å². The second kappa shape index (κ2) is 7.34. The second-order valence-corrected chi connectivity index (χ2v) is 42.8. The summed E-state index contributed by atoms with van der Waals surface area (Å²) in [7, 11) is -6.00. The van der Waals surface area contributed by atoms with Crippen LogP contribution >= 0.6 is 0 Å². The van der Waals surface area contributed by atoms with Crippen LogP contribution in [-0.4, -0.2) is 43.9 Å². The van der Waals surface area contributed by atoms with E-state index in [1.54, 1.807) is 0 Å². The third-order valence-corrected chi connectivity index (χ3v) is 47.7. The van der Waals surface area contributed by atoms with Crippen LogP contribution in [0.2, 0.25) is 64.0 Å². The molecular weight excluding hydrogens is 413 g/mol. The van der Waals surface area contributed by atoms with E-state index in [4.69, 9.17) is 8.85 Å². The Labute approximate surface area is 176 Å². The Bertz CT molecular complexity index is 702. The van der Waals surface area contributed by atoms with Gasteiger partial charge in [-0.15, -0.1) is 0 Å². The van der Waals surface area contributed by atoms with Gasteiger partial charge < -0.3 is 8.85 Å². The van der Waals surface area contributed by atoms with Gasteiger partial charge in [0.25, 0.3) is 0 Å². The molecule has 1 aromatic carbocycles. The quantitative estimate of drug-likeness (QED) is 0.378. The standard InChI is InChI=1S/C21H40O3Si4/c1-21(18(19(21)20(22)23-2)17-15-13-12-14-16-17)28(26(6,7)8,27(9,10)11)24-25(3,4)5/h12-16,18-19H,1-11H3/t18?,19?,21-/m0/s1. The summed E-state index contributed by atoms with van der Waals surface area (Å²) in [6.07, 6.45) is 0. The fourth-order valence-corrected chi connectivity index (χ4v) is 69.8. The van der Waals surface area contributed by atoms with Crippen molar-refractivity contribution in [2.75, 3.05) is 7.11 Å². The summed E-state index contributed by atoms with van der Waals surface area (Å²) in [5.41, 5.74) is 1.27. The fraction of sp³-hybridized carbons (Fsp3) is 0.667. The molecule has 7 heteroatoms. The SMILES string of the molecule is COC(=O)C1C(c2ccccc2)[C@]1(C)[Si](O[Si](C)(C)C)([Si](C)(C)C)[Si](C)(C)C.